The van der Waals surface area contributed by atoms with Gasteiger partial charge in [-0.1, -0.05) is 0 Å². The van der Waals surface area contributed by atoms with Crippen LogP contribution in [0.3, 0.4) is 0 Å². The number of hydrogen-bond donors (Lipinski definition) is 8. The van der Waals surface area contributed by atoms with Crippen LogP contribution in [0.1, 0.15) is 82.9 Å². The van der Waals surface area contributed by atoms with Gasteiger partial charge in [0.2, 0.25) is 0 Å². The smallest absolute Gasteiger partial charge is 0.336 e. The molecule has 0 aliphatic rings. The van der Waals surface area contributed by atoms with E-state index >= 15 is 0 Å². The molecule has 2 aromatic rings. The average Bonchev–Trinajstić information content (AvgIpc) is 2.76. The number of benzene rings is 2. The van der Waals surface area contributed by atoms with Gasteiger partial charge in [-0.15, -0.1) is 0 Å². The SMILES string of the molecule is O=C(O)c1cc(C(=O)O)c(C(=O)O)cc1C(=O)O.O=C(O)c1cc(C(=O)O)c(C(=O)O)cc1C(=O)O. The zero-order chi connectivity index (χ0) is 28.1. The van der Waals surface area contributed by atoms with Crippen LogP contribution in [-0.2, 0) is 0 Å². The quantitative estimate of drug-likeness (QED) is 0.246. The summed E-state index contributed by atoms with van der Waals surface area (Å²) in [5.41, 5.74) is -6.30. The molecule has 0 aliphatic carbocycles. The van der Waals surface area contributed by atoms with Crippen molar-refractivity contribution in [3.63, 3.8) is 0 Å². The Morgan fingerprint density at radius 1 is 0.278 bits per heavy atom. The summed E-state index contributed by atoms with van der Waals surface area (Å²) in [4.78, 5) is 86.2. The molecule has 0 heterocycles. The summed E-state index contributed by atoms with van der Waals surface area (Å²) in [5, 5.41) is 70.0. The molecule has 188 valence electrons. The largest absolute Gasteiger partial charge is 0.478 e. The molecule has 0 aromatic heterocycles. The van der Waals surface area contributed by atoms with Gasteiger partial charge >= 0.3 is 47.8 Å². The number of aromatic carboxylic acids is 8. The van der Waals surface area contributed by atoms with Crippen LogP contribution in [0.25, 0.3) is 0 Å². The van der Waals surface area contributed by atoms with E-state index in [1.165, 1.54) is 0 Å². The predicted octanol–water partition coefficient (Wildman–Crippen LogP) is 0.959. The minimum Gasteiger partial charge on any atom is -0.478 e. The Morgan fingerprint density at radius 3 is 0.417 bits per heavy atom. The highest BCUT2D eigenvalue weighted by atomic mass is 16.4. The third kappa shape index (κ3) is 6.16. The maximum Gasteiger partial charge on any atom is 0.336 e. The van der Waals surface area contributed by atoms with E-state index in [0.717, 1.165) is 0 Å². The molecule has 0 saturated heterocycles. The number of carbonyl (C=O) groups is 8. The highest BCUT2D eigenvalue weighted by molar-refractivity contribution is 6.10. The van der Waals surface area contributed by atoms with Crippen molar-refractivity contribution < 1.29 is 79.2 Å². The molecule has 2 rings (SSSR count). The van der Waals surface area contributed by atoms with Crippen LogP contribution in [0.4, 0.5) is 0 Å². The molecule has 0 bridgehead atoms. The molecular weight excluding hydrogens is 496 g/mol. The highest BCUT2D eigenvalue weighted by Crippen LogP contribution is 2.19. The third-order valence-corrected chi connectivity index (χ3v) is 4.16. The van der Waals surface area contributed by atoms with E-state index in [1.54, 1.807) is 0 Å². The Labute approximate surface area is 196 Å². The summed E-state index contributed by atoms with van der Waals surface area (Å²) in [7, 11) is 0. The van der Waals surface area contributed by atoms with E-state index in [0.29, 0.717) is 24.3 Å². The van der Waals surface area contributed by atoms with Crippen molar-refractivity contribution in [2.24, 2.45) is 0 Å². The Hall–Kier alpha value is -5.80. The van der Waals surface area contributed by atoms with Gasteiger partial charge in [-0.3, -0.25) is 0 Å². The number of hydrogen-bond acceptors (Lipinski definition) is 8. The molecule has 0 radical (unpaired) electrons. The van der Waals surface area contributed by atoms with Crippen molar-refractivity contribution in [3.05, 3.63) is 68.8 Å². The molecule has 0 fully saturated rings. The Bertz CT molecular complexity index is 1050. The summed E-state index contributed by atoms with van der Waals surface area (Å²) >= 11 is 0. The summed E-state index contributed by atoms with van der Waals surface area (Å²) in [6, 6.07) is 2.05. The number of rotatable bonds is 8. The monoisotopic (exact) mass is 508 g/mol. The highest BCUT2D eigenvalue weighted by Gasteiger charge is 2.26. The van der Waals surface area contributed by atoms with Crippen molar-refractivity contribution >= 4 is 47.8 Å². The van der Waals surface area contributed by atoms with E-state index in [9.17, 15) is 38.4 Å². The maximum absolute atomic E-state index is 10.8. The van der Waals surface area contributed by atoms with Crippen molar-refractivity contribution in [3.8, 4) is 0 Å². The van der Waals surface area contributed by atoms with Gasteiger partial charge in [0.25, 0.3) is 0 Å². The van der Waals surface area contributed by atoms with Crippen molar-refractivity contribution in [2.45, 2.75) is 0 Å². The molecule has 16 nitrogen and oxygen atoms in total. The standard InChI is InChI=1S/2C10H6O8/c2*11-7(12)3-1-4(8(13)14)6(10(17)18)2-5(3)9(15)16/h2*1-2H,(H,11,12)(H,13,14)(H,15,16)(H,17,18). The molecule has 0 spiro atoms. The second kappa shape index (κ2) is 10.9. The minimum atomic E-state index is -1.66. The van der Waals surface area contributed by atoms with E-state index in [-0.39, 0.29) is 0 Å². The molecule has 0 aliphatic heterocycles. The normalized spacial score (nSPS) is 9.78. The van der Waals surface area contributed by atoms with Gasteiger partial charge < -0.3 is 40.9 Å². The van der Waals surface area contributed by atoms with Gasteiger partial charge in [0.1, 0.15) is 0 Å². The first-order chi connectivity index (χ1) is 16.5. The van der Waals surface area contributed by atoms with Crippen LogP contribution in [-0.4, -0.2) is 88.6 Å². The molecule has 8 N–H and O–H groups in total. The summed E-state index contributed by atoms with van der Waals surface area (Å²) in [6.45, 7) is 0. The fraction of sp³-hybridized carbons (Fsp3) is 0. The topological polar surface area (TPSA) is 298 Å². The lowest BCUT2D eigenvalue weighted by Gasteiger charge is -2.06. The van der Waals surface area contributed by atoms with Crippen LogP contribution in [0.15, 0.2) is 24.3 Å². The van der Waals surface area contributed by atoms with Crippen LogP contribution in [0.2, 0.25) is 0 Å². The van der Waals surface area contributed by atoms with Crippen molar-refractivity contribution in [2.75, 3.05) is 0 Å². The Balaban J connectivity index is 0.000000360. The molecule has 16 heteroatoms. The minimum absolute atomic E-state index is 0.511. The van der Waals surface area contributed by atoms with E-state index in [4.69, 9.17) is 40.9 Å². The van der Waals surface area contributed by atoms with E-state index in [1.807, 2.05) is 0 Å². The number of carboxylic acid groups (broad SMARTS) is 8. The fourth-order valence-electron chi connectivity index (χ4n) is 2.61. The van der Waals surface area contributed by atoms with Gasteiger partial charge in [0.15, 0.2) is 0 Å². The molecule has 2 aromatic carbocycles. The second-order valence-corrected chi connectivity index (χ2v) is 6.33. The van der Waals surface area contributed by atoms with Gasteiger partial charge in [0.05, 0.1) is 44.5 Å². The van der Waals surface area contributed by atoms with Crippen LogP contribution < -0.4 is 0 Å². The first-order valence-electron chi connectivity index (χ1n) is 8.73. The molecular formula is C20H12O16. The van der Waals surface area contributed by atoms with Gasteiger partial charge in [-0.2, -0.15) is 0 Å². The lowest BCUT2D eigenvalue weighted by Crippen LogP contribution is -2.15. The van der Waals surface area contributed by atoms with Gasteiger partial charge in [-0.25, -0.2) is 38.4 Å². The van der Waals surface area contributed by atoms with Crippen LogP contribution in [0, 0.1) is 0 Å². The lowest BCUT2D eigenvalue weighted by atomic mass is 9.98. The van der Waals surface area contributed by atoms with E-state index < -0.39 is 92.3 Å². The summed E-state index contributed by atoms with van der Waals surface area (Å²) in [6.07, 6.45) is 0. The van der Waals surface area contributed by atoms with Crippen molar-refractivity contribution in [1.82, 2.24) is 0 Å². The predicted molar refractivity (Wildman–Crippen MR) is 109 cm³/mol. The summed E-state index contributed by atoms with van der Waals surface area (Å²) < 4.78 is 0. The maximum atomic E-state index is 10.8. The fourth-order valence-corrected chi connectivity index (χ4v) is 2.61. The third-order valence-electron chi connectivity index (χ3n) is 4.16. The van der Waals surface area contributed by atoms with Crippen LogP contribution in [0.5, 0.6) is 0 Å². The molecule has 36 heavy (non-hydrogen) atoms. The second-order valence-electron chi connectivity index (χ2n) is 6.33. The Kier molecular flexibility index (Phi) is 8.53. The van der Waals surface area contributed by atoms with Gasteiger partial charge in [0, 0.05) is 0 Å². The molecule has 0 saturated carbocycles. The lowest BCUT2D eigenvalue weighted by molar-refractivity contribution is 0.0637. The molecule has 0 atom stereocenters. The molecule has 0 amide bonds. The number of carboxylic acids is 8. The first-order valence-corrected chi connectivity index (χ1v) is 8.73. The zero-order valence-corrected chi connectivity index (χ0v) is 17.2. The zero-order valence-electron chi connectivity index (χ0n) is 17.2. The summed E-state index contributed by atoms with van der Waals surface area (Å²) in [5.74, 6) is -13.3. The Morgan fingerprint density at radius 2 is 0.361 bits per heavy atom. The van der Waals surface area contributed by atoms with E-state index in [2.05, 4.69) is 0 Å². The van der Waals surface area contributed by atoms with Crippen LogP contribution >= 0.6 is 0 Å². The first kappa shape index (κ1) is 28.2. The van der Waals surface area contributed by atoms with Crippen molar-refractivity contribution in [1.29, 1.82) is 0 Å². The molecule has 0 unspecified atom stereocenters. The average molecular weight is 508 g/mol. The van der Waals surface area contributed by atoms with Gasteiger partial charge in [-0.05, 0) is 24.3 Å².